The maximum atomic E-state index is 10.3. The molecule has 0 aliphatic heterocycles. The SMILES string of the molecule is CC(N)NC(C)S(=O)(=O)O.[H-].[Na+]. The normalized spacial score (nSPS) is 16.7. The van der Waals surface area contributed by atoms with Crippen LogP contribution in [-0.4, -0.2) is 24.5 Å². The molecule has 0 fully saturated rings. The molecule has 0 radical (unpaired) electrons. The monoisotopic (exact) mass is 192 g/mol. The molecule has 4 N–H and O–H groups in total. The van der Waals surface area contributed by atoms with Crippen LogP contribution in [0, 0.1) is 0 Å². The molecule has 64 valence electrons. The predicted octanol–water partition coefficient (Wildman–Crippen LogP) is -3.77. The molecule has 0 aromatic heterocycles. The second-order valence-electron chi connectivity index (χ2n) is 2.11. The summed E-state index contributed by atoms with van der Waals surface area (Å²) in [5, 5.41) is 1.42. The number of rotatable bonds is 3. The summed E-state index contributed by atoms with van der Waals surface area (Å²) < 4.78 is 29.0. The van der Waals surface area contributed by atoms with Crippen molar-refractivity contribution in [2.24, 2.45) is 5.73 Å². The molecule has 2 unspecified atom stereocenters. The Morgan fingerprint density at radius 1 is 1.55 bits per heavy atom. The Hall–Kier alpha value is 0.830. The van der Waals surface area contributed by atoms with Crippen molar-refractivity contribution in [2.45, 2.75) is 25.4 Å². The Labute approximate surface area is 90.3 Å². The average molecular weight is 192 g/mol. The van der Waals surface area contributed by atoms with Gasteiger partial charge < -0.3 is 7.16 Å². The van der Waals surface area contributed by atoms with Crippen LogP contribution >= 0.6 is 0 Å². The van der Waals surface area contributed by atoms with E-state index < -0.39 is 21.7 Å². The summed E-state index contributed by atoms with van der Waals surface area (Å²) in [6.07, 6.45) is -0.447. The van der Waals surface area contributed by atoms with Gasteiger partial charge in [-0.2, -0.15) is 8.42 Å². The maximum absolute atomic E-state index is 10.3. The second-order valence-corrected chi connectivity index (χ2v) is 3.85. The fourth-order valence-electron chi connectivity index (χ4n) is 0.456. The first kappa shape index (κ1) is 14.4. The van der Waals surface area contributed by atoms with Crippen LogP contribution in [0.2, 0.25) is 0 Å². The fourth-order valence-corrected chi connectivity index (χ4v) is 0.843. The molecule has 0 aromatic carbocycles. The van der Waals surface area contributed by atoms with Crippen molar-refractivity contribution in [3.63, 3.8) is 0 Å². The first-order chi connectivity index (χ1) is 4.34. The molecule has 0 amide bonds. The van der Waals surface area contributed by atoms with E-state index in [2.05, 4.69) is 5.32 Å². The minimum Gasteiger partial charge on any atom is -1.00 e. The predicted molar refractivity (Wildman–Crippen MR) is 38.9 cm³/mol. The van der Waals surface area contributed by atoms with E-state index in [-0.39, 0.29) is 31.0 Å². The first-order valence-corrected chi connectivity index (χ1v) is 4.32. The van der Waals surface area contributed by atoms with E-state index in [0.717, 1.165) is 0 Å². The number of nitrogens with one attached hydrogen (secondary N) is 1. The van der Waals surface area contributed by atoms with E-state index in [1.54, 1.807) is 6.92 Å². The van der Waals surface area contributed by atoms with Crippen molar-refractivity contribution in [3.8, 4) is 0 Å². The number of hydrogen-bond donors (Lipinski definition) is 3. The fraction of sp³-hybridized carbons (Fsp3) is 1.00. The zero-order valence-corrected chi connectivity index (χ0v) is 9.72. The van der Waals surface area contributed by atoms with Gasteiger partial charge in [-0.1, -0.05) is 0 Å². The van der Waals surface area contributed by atoms with E-state index >= 15 is 0 Å². The Morgan fingerprint density at radius 2 is 1.91 bits per heavy atom. The molecule has 0 aromatic rings. The van der Waals surface area contributed by atoms with Gasteiger partial charge in [-0.3, -0.25) is 9.87 Å². The minimum atomic E-state index is -3.99. The average Bonchev–Trinajstić information content (AvgIpc) is 1.60. The number of hydrogen-bond acceptors (Lipinski definition) is 4. The van der Waals surface area contributed by atoms with Gasteiger partial charge in [0.15, 0.2) is 0 Å². The summed E-state index contributed by atoms with van der Waals surface area (Å²) in [7, 11) is -3.99. The van der Waals surface area contributed by atoms with Crippen molar-refractivity contribution in [1.29, 1.82) is 0 Å². The van der Waals surface area contributed by atoms with Crippen LogP contribution < -0.4 is 40.6 Å². The summed E-state index contributed by atoms with van der Waals surface area (Å²) >= 11 is 0. The molecule has 0 saturated heterocycles. The van der Waals surface area contributed by atoms with Crippen LogP contribution in [0.3, 0.4) is 0 Å². The van der Waals surface area contributed by atoms with Crippen LogP contribution in [0.15, 0.2) is 0 Å². The number of nitrogens with two attached hydrogens (primary N) is 1. The molecule has 0 rings (SSSR count). The van der Waals surface area contributed by atoms with Crippen molar-refractivity contribution >= 4 is 10.1 Å². The molecule has 0 bridgehead atoms. The largest absolute Gasteiger partial charge is 1.00 e. The quantitative estimate of drug-likeness (QED) is 0.242. The van der Waals surface area contributed by atoms with Crippen LogP contribution in [0.5, 0.6) is 0 Å². The molecule has 7 heteroatoms. The van der Waals surface area contributed by atoms with E-state index in [1.165, 1.54) is 6.92 Å². The molecule has 0 aliphatic rings. The molecule has 5 nitrogen and oxygen atoms in total. The molecule has 11 heavy (non-hydrogen) atoms. The summed E-state index contributed by atoms with van der Waals surface area (Å²) in [6, 6.07) is 0. The Kier molecular flexibility index (Phi) is 7.14. The Morgan fingerprint density at radius 3 is 2.00 bits per heavy atom. The Bertz CT molecular complexity index is 196. The smallest absolute Gasteiger partial charge is 1.00 e. The van der Waals surface area contributed by atoms with Gasteiger partial charge >= 0.3 is 29.6 Å². The van der Waals surface area contributed by atoms with E-state index in [0.29, 0.717) is 0 Å². The van der Waals surface area contributed by atoms with Crippen LogP contribution in [0.1, 0.15) is 15.3 Å². The minimum absolute atomic E-state index is 0. The molecular weight excluding hydrogens is 179 g/mol. The molecule has 0 spiro atoms. The molecule has 0 aliphatic carbocycles. The third-order valence-corrected chi connectivity index (χ3v) is 1.97. The van der Waals surface area contributed by atoms with E-state index in [1.807, 2.05) is 0 Å². The third kappa shape index (κ3) is 7.20. The topological polar surface area (TPSA) is 92.4 Å². The van der Waals surface area contributed by atoms with Gasteiger partial charge in [0.05, 0.1) is 6.17 Å². The summed E-state index contributed by atoms with van der Waals surface area (Å²) in [4.78, 5) is 0. The summed E-state index contributed by atoms with van der Waals surface area (Å²) in [6.45, 7) is 2.90. The van der Waals surface area contributed by atoms with Gasteiger partial charge in [0, 0.05) is 0 Å². The van der Waals surface area contributed by atoms with Gasteiger partial charge in [-0.15, -0.1) is 0 Å². The summed E-state index contributed by atoms with van der Waals surface area (Å²) in [5.74, 6) is 0. The van der Waals surface area contributed by atoms with Gasteiger partial charge in [0.25, 0.3) is 10.1 Å². The molecule has 0 heterocycles. The second kappa shape index (κ2) is 5.47. The van der Waals surface area contributed by atoms with Gasteiger partial charge in [-0.25, -0.2) is 0 Å². The summed E-state index contributed by atoms with van der Waals surface area (Å²) in [5.41, 5.74) is 5.20. The first-order valence-electron chi connectivity index (χ1n) is 2.82. The molecule has 2 atom stereocenters. The Balaban J connectivity index is -0.000000405. The van der Waals surface area contributed by atoms with Crippen molar-refractivity contribution in [3.05, 3.63) is 0 Å². The van der Waals surface area contributed by atoms with Gasteiger partial charge in [0.1, 0.15) is 5.37 Å². The maximum Gasteiger partial charge on any atom is 1.00 e. The van der Waals surface area contributed by atoms with Crippen molar-refractivity contribution in [2.75, 3.05) is 0 Å². The van der Waals surface area contributed by atoms with Crippen molar-refractivity contribution < 1.29 is 44.0 Å². The molecule has 0 saturated carbocycles. The van der Waals surface area contributed by atoms with Crippen molar-refractivity contribution in [1.82, 2.24) is 5.32 Å². The van der Waals surface area contributed by atoms with Crippen LogP contribution in [0.25, 0.3) is 0 Å². The van der Waals surface area contributed by atoms with E-state index in [9.17, 15) is 8.42 Å². The van der Waals surface area contributed by atoms with Gasteiger partial charge in [0.2, 0.25) is 0 Å². The third-order valence-electron chi connectivity index (χ3n) is 0.944. The molecular formula is C4H13N2NaO3S. The standard InChI is InChI=1S/C4H12N2O3S.Na.H/c1-3(5)6-4(2)10(7,8)9;;/h3-4,6H,5H2,1-2H3,(H,7,8,9);;/q;+1;-1. The van der Waals surface area contributed by atoms with Crippen LogP contribution in [0.4, 0.5) is 0 Å². The van der Waals surface area contributed by atoms with Gasteiger partial charge in [-0.05, 0) is 13.8 Å². The zero-order valence-electron chi connectivity index (χ0n) is 7.90. The van der Waals surface area contributed by atoms with E-state index in [4.69, 9.17) is 10.3 Å². The zero-order chi connectivity index (χ0) is 8.36. The van der Waals surface area contributed by atoms with Crippen LogP contribution in [-0.2, 0) is 10.1 Å².